The third-order valence-corrected chi connectivity index (χ3v) is 5.67. The Labute approximate surface area is 158 Å². The largest absolute Gasteiger partial charge is 0.459 e. The van der Waals surface area contributed by atoms with Crippen LogP contribution in [0.1, 0.15) is 38.2 Å². The number of nitrogens with one attached hydrogen (secondary N) is 1. The van der Waals surface area contributed by atoms with E-state index in [1.165, 1.54) is 42.7 Å². The predicted molar refractivity (Wildman–Crippen MR) is 100 cm³/mol. The van der Waals surface area contributed by atoms with E-state index >= 15 is 0 Å². The highest BCUT2D eigenvalue weighted by atomic mass is 35.5. The maximum Gasteiger partial charge on any atom is 0.306 e. The zero-order valence-electron chi connectivity index (χ0n) is 14.4. The molecule has 1 aromatic carbocycles. The summed E-state index contributed by atoms with van der Waals surface area (Å²) in [6, 6.07) is 7.33. The van der Waals surface area contributed by atoms with Crippen molar-refractivity contribution in [1.29, 1.82) is 5.41 Å². The van der Waals surface area contributed by atoms with Gasteiger partial charge in [-0.2, -0.15) is 0 Å². The van der Waals surface area contributed by atoms with Gasteiger partial charge in [0, 0.05) is 29.4 Å². The lowest BCUT2D eigenvalue weighted by Gasteiger charge is -2.06. The normalized spacial score (nSPS) is 11.3. The van der Waals surface area contributed by atoms with Gasteiger partial charge >= 0.3 is 5.97 Å². The monoisotopic (exact) mass is 396 g/mol. The third kappa shape index (κ3) is 5.19. The summed E-state index contributed by atoms with van der Waals surface area (Å²) in [7, 11) is -3.76. The van der Waals surface area contributed by atoms with Crippen molar-refractivity contribution < 1.29 is 17.9 Å². The molecule has 140 valence electrons. The molecule has 0 aliphatic carbocycles. The molecule has 26 heavy (non-hydrogen) atoms. The fraction of sp³-hybridized carbons (Fsp3) is 0.333. The van der Waals surface area contributed by atoms with Crippen LogP contribution in [0.4, 0.5) is 0 Å². The molecule has 1 aromatic heterocycles. The fourth-order valence-corrected chi connectivity index (χ4v) is 3.58. The second kappa shape index (κ2) is 9.00. The molecule has 0 aliphatic rings. The molecule has 0 unspecified atom stereocenters. The Morgan fingerprint density at radius 1 is 1.19 bits per heavy atom. The van der Waals surface area contributed by atoms with Crippen molar-refractivity contribution >= 4 is 33.3 Å². The molecule has 0 atom stereocenters. The molecule has 2 rings (SSSR count). The highest BCUT2D eigenvalue weighted by Gasteiger charge is 2.18. The molecular formula is C18H21ClN2O4S. The van der Waals surface area contributed by atoms with E-state index < -0.39 is 10.0 Å². The molecule has 0 bridgehead atoms. The molecule has 2 aromatic rings. The van der Waals surface area contributed by atoms with Crippen molar-refractivity contribution in [2.75, 3.05) is 6.61 Å². The molecule has 0 radical (unpaired) electrons. The van der Waals surface area contributed by atoms with Crippen LogP contribution in [0.5, 0.6) is 0 Å². The summed E-state index contributed by atoms with van der Waals surface area (Å²) in [6.07, 6.45) is 5.75. The van der Waals surface area contributed by atoms with Crippen molar-refractivity contribution in [1.82, 2.24) is 3.97 Å². The van der Waals surface area contributed by atoms with E-state index in [4.69, 9.17) is 21.7 Å². The Morgan fingerprint density at radius 3 is 2.54 bits per heavy atom. The van der Waals surface area contributed by atoms with Gasteiger partial charge in [-0.05, 0) is 36.8 Å². The molecule has 0 saturated heterocycles. The highest BCUT2D eigenvalue weighted by molar-refractivity contribution is 7.90. The Morgan fingerprint density at radius 2 is 1.88 bits per heavy atom. The SMILES string of the molecule is CCCCCC(=O)OCC(=N)c1ccn(S(=O)(=O)c2ccc(Cl)cc2)c1. The third-order valence-electron chi connectivity index (χ3n) is 3.77. The zero-order valence-corrected chi connectivity index (χ0v) is 16.0. The number of carbonyl (C=O) groups excluding carboxylic acids is 1. The van der Waals surface area contributed by atoms with Crippen LogP contribution in [0.15, 0.2) is 47.6 Å². The summed E-state index contributed by atoms with van der Waals surface area (Å²) in [6.45, 7) is 1.86. The Kier molecular flexibility index (Phi) is 6.99. The fourth-order valence-electron chi connectivity index (χ4n) is 2.26. The summed E-state index contributed by atoms with van der Waals surface area (Å²) in [5.74, 6) is -0.351. The summed E-state index contributed by atoms with van der Waals surface area (Å²) >= 11 is 5.78. The molecule has 0 saturated carbocycles. The van der Waals surface area contributed by atoms with Gasteiger partial charge < -0.3 is 10.1 Å². The average molecular weight is 397 g/mol. The summed E-state index contributed by atoms with van der Waals surface area (Å²) in [5.41, 5.74) is 0.419. The summed E-state index contributed by atoms with van der Waals surface area (Å²) in [5, 5.41) is 8.43. The van der Waals surface area contributed by atoms with Gasteiger partial charge in [-0.1, -0.05) is 31.4 Å². The van der Waals surface area contributed by atoms with Crippen LogP contribution < -0.4 is 0 Å². The van der Waals surface area contributed by atoms with Gasteiger partial charge in [0.05, 0.1) is 10.6 Å². The van der Waals surface area contributed by atoms with Gasteiger partial charge in [0.2, 0.25) is 0 Å². The van der Waals surface area contributed by atoms with E-state index in [0.29, 0.717) is 17.0 Å². The Balaban J connectivity index is 2.01. The highest BCUT2D eigenvalue weighted by Crippen LogP contribution is 2.18. The van der Waals surface area contributed by atoms with Crippen LogP contribution in [0.3, 0.4) is 0 Å². The van der Waals surface area contributed by atoms with Crippen LogP contribution in [-0.2, 0) is 19.6 Å². The first-order chi connectivity index (χ1) is 12.3. The number of nitrogens with zero attached hydrogens (tertiary/aromatic N) is 1. The van der Waals surface area contributed by atoms with Gasteiger partial charge in [-0.3, -0.25) is 4.79 Å². The van der Waals surface area contributed by atoms with E-state index in [2.05, 4.69) is 0 Å². The van der Waals surface area contributed by atoms with Crippen molar-refractivity contribution in [3.63, 3.8) is 0 Å². The van der Waals surface area contributed by atoms with Crippen LogP contribution in [0.25, 0.3) is 0 Å². The van der Waals surface area contributed by atoms with E-state index in [1.807, 2.05) is 6.92 Å². The smallest absolute Gasteiger partial charge is 0.306 e. The minimum absolute atomic E-state index is 0.0406. The Hall–Kier alpha value is -2.12. The number of unbranched alkanes of at least 4 members (excludes halogenated alkanes) is 2. The van der Waals surface area contributed by atoms with Crippen LogP contribution in [0.2, 0.25) is 5.02 Å². The van der Waals surface area contributed by atoms with Gasteiger partial charge in [0.25, 0.3) is 10.0 Å². The Bertz CT molecular complexity index is 873. The molecule has 1 N–H and O–H groups in total. The van der Waals surface area contributed by atoms with E-state index in [-0.39, 0.29) is 23.2 Å². The minimum atomic E-state index is -3.76. The molecule has 0 fully saturated rings. The van der Waals surface area contributed by atoms with E-state index in [9.17, 15) is 13.2 Å². The lowest BCUT2D eigenvalue weighted by molar-refractivity contribution is -0.142. The number of hydrogen-bond donors (Lipinski definition) is 1. The molecule has 0 aliphatic heterocycles. The van der Waals surface area contributed by atoms with Gasteiger partial charge in [0.1, 0.15) is 6.61 Å². The number of aromatic nitrogens is 1. The average Bonchev–Trinajstić information content (AvgIpc) is 3.11. The van der Waals surface area contributed by atoms with Gasteiger partial charge in [-0.15, -0.1) is 0 Å². The standard InChI is InChI=1S/C18H21ClN2O4S/c1-2-3-4-5-18(22)25-13-17(20)14-10-11-21(12-14)26(23,24)16-8-6-15(19)7-9-16/h6-12,20H,2-5,13H2,1H3. The zero-order chi connectivity index (χ0) is 19.2. The van der Waals surface area contributed by atoms with Crippen molar-refractivity contribution in [3.05, 3.63) is 53.3 Å². The van der Waals surface area contributed by atoms with Crippen molar-refractivity contribution in [2.24, 2.45) is 0 Å². The van der Waals surface area contributed by atoms with Gasteiger partial charge in [-0.25, -0.2) is 12.4 Å². The molecule has 1 heterocycles. The minimum Gasteiger partial charge on any atom is -0.459 e. The predicted octanol–water partition coefficient (Wildman–Crippen LogP) is 3.87. The number of benzene rings is 1. The van der Waals surface area contributed by atoms with E-state index in [1.54, 1.807) is 0 Å². The molecule has 6 nitrogen and oxygen atoms in total. The second-order valence-corrected chi connectivity index (χ2v) is 8.07. The molecule has 0 spiro atoms. The summed E-state index contributed by atoms with van der Waals surface area (Å²) in [4.78, 5) is 11.7. The number of esters is 1. The first-order valence-electron chi connectivity index (χ1n) is 8.27. The van der Waals surface area contributed by atoms with Gasteiger partial charge in [0.15, 0.2) is 0 Å². The van der Waals surface area contributed by atoms with E-state index in [0.717, 1.165) is 23.2 Å². The number of halogens is 1. The summed E-state index contributed by atoms with van der Waals surface area (Å²) < 4.78 is 31.2. The number of carbonyl (C=O) groups is 1. The maximum absolute atomic E-state index is 12.6. The number of hydrogen-bond acceptors (Lipinski definition) is 5. The van der Waals surface area contributed by atoms with Crippen molar-refractivity contribution in [3.8, 4) is 0 Å². The lowest BCUT2D eigenvalue weighted by Crippen LogP contribution is -2.14. The topological polar surface area (TPSA) is 89.2 Å². The second-order valence-electron chi connectivity index (χ2n) is 5.79. The maximum atomic E-state index is 12.6. The van der Waals surface area contributed by atoms with Crippen LogP contribution >= 0.6 is 11.6 Å². The lowest BCUT2D eigenvalue weighted by atomic mass is 10.2. The quantitative estimate of drug-likeness (QED) is 0.396. The first-order valence-corrected chi connectivity index (χ1v) is 10.1. The van der Waals surface area contributed by atoms with Crippen molar-refractivity contribution in [2.45, 2.75) is 37.5 Å². The van der Waals surface area contributed by atoms with Crippen LogP contribution in [0, 0.1) is 5.41 Å². The molecular weight excluding hydrogens is 376 g/mol. The number of rotatable bonds is 9. The number of ether oxygens (including phenoxy) is 1. The first kappa shape index (κ1) is 20.2. The van der Waals surface area contributed by atoms with Crippen LogP contribution in [-0.4, -0.2) is 30.7 Å². The molecule has 0 amide bonds. The molecule has 8 heteroatoms.